The van der Waals surface area contributed by atoms with Crippen molar-refractivity contribution in [2.75, 3.05) is 12.0 Å². The second kappa shape index (κ2) is 10.0. The van der Waals surface area contributed by atoms with Crippen LogP contribution in [0.25, 0.3) is 0 Å². The number of hydrogen-bond donors (Lipinski definition) is 0. The predicted molar refractivity (Wildman–Crippen MR) is 131 cm³/mol. The van der Waals surface area contributed by atoms with E-state index in [1.807, 2.05) is 12.1 Å². The van der Waals surface area contributed by atoms with Crippen molar-refractivity contribution in [1.82, 2.24) is 4.90 Å². The standard InChI is InChI=1S/C25H27IN2O4/c1-32-21-14-8-17(9-15-21)24(30)27(19-6-4-2-3-5-7-19)22-16-23(29)28(25(22)31)20-12-10-18(26)11-13-20/h8-15,19,22H,2-7,16H2,1H3. The molecule has 1 unspecified atom stereocenters. The quantitative estimate of drug-likeness (QED) is 0.307. The molecule has 0 aromatic heterocycles. The van der Waals surface area contributed by atoms with E-state index in [4.69, 9.17) is 4.74 Å². The van der Waals surface area contributed by atoms with Gasteiger partial charge in [0.1, 0.15) is 11.8 Å². The number of carbonyl (C=O) groups excluding carboxylic acids is 3. The predicted octanol–water partition coefficient (Wildman–Crippen LogP) is 4.80. The number of methoxy groups -OCH3 is 1. The Hall–Kier alpha value is -2.42. The van der Waals surface area contributed by atoms with E-state index >= 15 is 0 Å². The Labute approximate surface area is 202 Å². The summed E-state index contributed by atoms with van der Waals surface area (Å²) in [7, 11) is 1.58. The highest BCUT2D eigenvalue weighted by atomic mass is 127. The zero-order valence-corrected chi connectivity index (χ0v) is 20.3. The Morgan fingerprint density at radius 3 is 2.19 bits per heavy atom. The van der Waals surface area contributed by atoms with Crippen molar-refractivity contribution in [1.29, 1.82) is 0 Å². The zero-order chi connectivity index (χ0) is 22.7. The van der Waals surface area contributed by atoms with Gasteiger partial charge in [0.15, 0.2) is 0 Å². The molecule has 1 aliphatic carbocycles. The molecule has 2 fully saturated rings. The molecular formula is C25H27IN2O4. The number of benzene rings is 2. The van der Waals surface area contributed by atoms with Crippen molar-refractivity contribution >= 4 is 46.0 Å². The highest BCUT2D eigenvalue weighted by Gasteiger charge is 2.46. The van der Waals surface area contributed by atoms with Crippen LogP contribution >= 0.6 is 22.6 Å². The van der Waals surface area contributed by atoms with Crippen molar-refractivity contribution in [3.63, 3.8) is 0 Å². The van der Waals surface area contributed by atoms with Gasteiger partial charge in [-0.2, -0.15) is 0 Å². The molecule has 0 N–H and O–H groups in total. The number of amides is 3. The van der Waals surface area contributed by atoms with Crippen LogP contribution in [-0.4, -0.2) is 41.8 Å². The smallest absolute Gasteiger partial charge is 0.257 e. The van der Waals surface area contributed by atoms with Crippen LogP contribution in [0.3, 0.4) is 0 Å². The third kappa shape index (κ3) is 4.67. The number of anilines is 1. The van der Waals surface area contributed by atoms with E-state index in [9.17, 15) is 14.4 Å². The highest BCUT2D eigenvalue weighted by molar-refractivity contribution is 14.1. The fourth-order valence-corrected chi connectivity index (χ4v) is 5.03. The maximum absolute atomic E-state index is 13.7. The minimum absolute atomic E-state index is 0.0171. The lowest BCUT2D eigenvalue weighted by Crippen LogP contribution is -2.50. The summed E-state index contributed by atoms with van der Waals surface area (Å²) < 4.78 is 6.24. The van der Waals surface area contributed by atoms with E-state index in [0.29, 0.717) is 17.0 Å². The molecule has 4 rings (SSSR count). The molecule has 1 saturated carbocycles. The number of ether oxygens (including phenoxy) is 1. The van der Waals surface area contributed by atoms with E-state index in [0.717, 1.165) is 42.1 Å². The van der Waals surface area contributed by atoms with Gasteiger partial charge in [0.2, 0.25) is 5.91 Å². The van der Waals surface area contributed by atoms with Gasteiger partial charge in [-0.05, 0) is 84.0 Å². The largest absolute Gasteiger partial charge is 0.497 e. The minimum atomic E-state index is -0.778. The van der Waals surface area contributed by atoms with Gasteiger partial charge >= 0.3 is 0 Å². The molecule has 0 spiro atoms. The van der Waals surface area contributed by atoms with Crippen LogP contribution in [0, 0.1) is 3.57 Å². The summed E-state index contributed by atoms with van der Waals surface area (Å²) in [5, 5.41) is 0. The van der Waals surface area contributed by atoms with Gasteiger partial charge < -0.3 is 9.64 Å². The summed E-state index contributed by atoms with van der Waals surface area (Å²) >= 11 is 2.19. The molecule has 168 valence electrons. The Morgan fingerprint density at radius 2 is 1.59 bits per heavy atom. The molecule has 1 atom stereocenters. The molecular weight excluding hydrogens is 519 g/mol. The van der Waals surface area contributed by atoms with Crippen LogP contribution in [0.15, 0.2) is 48.5 Å². The van der Waals surface area contributed by atoms with E-state index in [1.165, 1.54) is 4.90 Å². The fraction of sp³-hybridized carbons (Fsp3) is 0.400. The van der Waals surface area contributed by atoms with Gasteiger partial charge in [-0.25, -0.2) is 4.90 Å². The van der Waals surface area contributed by atoms with Crippen molar-refractivity contribution in [3.8, 4) is 5.75 Å². The average Bonchev–Trinajstić information content (AvgIpc) is 2.97. The molecule has 32 heavy (non-hydrogen) atoms. The lowest BCUT2D eigenvalue weighted by Gasteiger charge is -2.35. The maximum atomic E-state index is 13.7. The summed E-state index contributed by atoms with van der Waals surface area (Å²) in [5.41, 5.74) is 1.06. The molecule has 0 bridgehead atoms. The average molecular weight is 546 g/mol. The van der Waals surface area contributed by atoms with Gasteiger partial charge in [-0.15, -0.1) is 0 Å². The molecule has 3 amide bonds. The summed E-state index contributed by atoms with van der Waals surface area (Å²) in [5.74, 6) is -0.112. The Kier molecular flexibility index (Phi) is 7.13. The van der Waals surface area contributed by atoms with E-state index < -0.39 is 6.04 Å². The number of nitrogens with zero attached hydrogens (tertiary/aromatic N) is 2. The van der Waals surface area contributed by atoms with E-state index in [-0.39, 0.29) is 30.2 Å². The molecule has 1 heterocycles. The van der Waals surface area contributed by atoms with Crippen LogP contribution in [0.4, 0.5) is 5.69 Å². The number of rotatable bonds is 5. The number of imide groups is 1. The second-order valence-corrected chi connectivity index (χ2v) is 9.60. The summed E-state index contributed by atoms with van der Waals surface area (Å²) in [6.45, 7) is 0. The third-order valence-corrected chi connectivity index (χ3v) is 7.05. The second-order valence-electron chi connectivity index (χ2n) is 8.35. The topological polar surface area (TPSA) is 66.9 Å². The molecule has 2 aromatic carbocycles. The Morgan fingerprint density at radius 1 is 0.969 bits per heavy atom. The molecule has 6 nitrogen and oxygen atoms in total. The fourth-order valence-electron chi connectivity index (χ4n) is 4.68. The molecule has 2 aliphatic rings. The third-order valence-electron chi connectivity index (χ3n) is 6.33. The molecule has 7 heteroatoms. The van der Waals surface area contributed by atoms with Gasteiger partial charge in [-0.1, -0.05) is 25.7 Å². The number of carbonyl (C=O) groups is 3. The number of hydrogen-bond acceptors (Lipinski definition) is 4. The first kappa shape index (κ1) is 22.8. The lowest BCUT2D eigenvalue weighted by molar-refractivity contribution is -0.123. The highest BCUT2D eigenvalue weighted by Crippen LogP contribution is 2.32. The monoisotopic (exact) mass is 546 g/mol. The molecule has 2 aromatic rings. The lowest BCUT2D eigenvalue weighted by atomic mass is 10.0. The van der Waals surface area contributed by atoms with Crippen LogP contribution in [0.5, 0.6) is 5.75 Å². The van der Waals surface area contributed by atoms with Gasteiger partial charge in [0.05, 0.1) is 19.2 Å². The zero-order valence-electron chi connectivity index (χ0n) is 18.1. The summed E-state index contributed by atoms with van der Waals surface area (Å²) in [6.07, 6.45) is 6.02. The van der Waals surface area contributed by atoms with Crippen LogP contribution < -0.4 is 9.64 Å². The molecule has 0 radical (unpaired) electrons. The van der Waals surface area contributed by atoms with Crippen molar-refractivity contribution in [3.05, 3.63) is 57.7 Å². The van der Waals surface area contributed by atoms with Crippen molar-refractivity contribution < 1.29 is 19.1 Å². The maximum Gasteiger partial charge on any atom is 0.257 e. The van der Waals surface area contributed by atoms with E-state index in [1.54, 1.807) is 48.4 Å². The summed E-state index contributed by atoms with van der Waals surface area (Å²) in [4.78, 5) is 43.1. The molecule has 1 saturated heterocycles. The minimum Gasteiger partial charge on any atom is -0.497 e. The van der Waals surface area contributed by atoms with Crippen molar-refractivity contribution in [2.45, 2.75) is 57.0 Å². The SMILES string of the molecule is COc1ccc(C(=O)N(C2CCCCCC2)C2CC(=O)N(c3ccc(I)cc3)C2=O)cc1. The van der Waals surface area contributed by atoms with Gasteiger partial charge in [0.25, 0.3) is 11.8 Å². The van der Waals surface area contributed by atoms with Crippen LogP contribution in [0.1, 0.15) is 55.3 Å². The van der Waals surface area contributed by atoms with Crippen molar-refractivity contribution in [2.24, 2.45) is 0 Å². The Bertz CT molecular complexity index is 982. The first-order valence-corrected chi connectivity index (χ1v) is 12.2. The van der Waals surface area contributed by atoms with Gasteiger partial charge in [-0.3, -0.25) is 14.4 Å². The van der Waals surface area contributed by atoms with Crippen LogP contribution in [-0.2, 0) is 9.59 Å². The van der Waals surface area contributed by atoms with Crippen LogP contribution in [0.2, 0.25) is 0 Å². The first-order valence-electron chi connectivity index (χ1n) is 11.1. The molecule has 1 aliphatic heterocycles. The normalized spacial score (nSPS) is 19.7. The van der Waals surface area contributed by atoms with Gasteiger partial charge in [0, 0.05) is 15.2 Å². The van der Waals surface area contributed by atoms with E-state index in [2.05, 4.69) is 22.6 Å². The summed E-state index contributed by atoms with van der Waals surface area (Å²) in [6, 6.07) is 13.4. The number of halogens is 1. The Balaban J connectivity index is 1.67. The first-order chi connectivity index (χ1) is 15.5.